The number of carbonyl (C=O) groups is 2. The van der Waals surface area contributed by atoms with Crippen LogP contribution in [0.2, 0.25) is 0 Å². The standard InChI is InChI=1S/C14H28N4O3/c1-3-4-6-16-14(20)17-13(19)10-18-7-5-12(21-2)8-11(18)9-15/h11-12H,3-10,15H2,1-2H3,(H2,16,17,19,20). The molecule has 1 saturated heterocycles. The predicted octanol–water partition coefficient (Wildman–Crippen LogP) is 0.0504. The van der Waals surface area contributed by atoms with Gasteiger partial charge in [0.2, 0.25) is 5.91 Å². The van der Waals surface area contributed by atoms with Crippen LogP contribution in [-0.2, 0) is 9.53 Å². The lowest BCUT2D eigenvalue weighted by Gasteiger charge is -2.37. The molecule has 0 spiro atoms. The first kappa shape index (κ1) is 17.9. The van der Waals surface area contributed by atoms with Crippen LogP contribution in [0.15, 0.2) is 0 Å². The average molecular weight is 300 g/mol. The van der Waals surface area contributed by atoms with E-state index in [0.717, 1.165) is 32.2 Å². The Morgan fingerprint density at radius 3 is 2.81 bits per heavy atom. The van der Waals surface area contributed by atoms with Crippen molar-refractivity contribution in [2.75, 3.05) is 33.3 Å². The Labute approximate surface area is 126 Å². The summed E-state index contributed by atoms with van der Waals surface area (Å²) in [7, 11) is 1.70. The van der Waals surface area contributed by atoms with Crippen LogP contribution in [0.25, 0.3) is 0 Å². The Morgan fingerprint density at radius 2 is 2.19 bits per heavy atom. The van der Waals surface area contributed by atoms with E-state index in [-0.39, 0.29) is 24.6 Å². The zero-order chi connectivity index (χ0) is 15.7. The van der Waals surface area contributed by atoms with Crippen LogP contribution < -0.4 is 16.4 Å². The molecule has 1 fully saturated rings. The molecule has 2 unspecified atom stereocenters. The molecule has 7 nitrogen and oxygen atoms in total. The van der Waals surface area contributed by atoms with E-state index in [1.807, 2.05) is 11.8 Å². The van der Waals surface area contributed by atoms with Gasteiger partial charge in [0.1, 0.15) is 0 Å². The molecule has 3 amide bonds. The second kappa shape index (κ2) is 9.70. The molecule has 1 aliphatic rings. The fraction of sp³-hybridized carbons (Fsp3) is 0.857. The molecule has 0 aromatic carbocycles. The molecule has 0 saturated carbocycles. The lowest BCUT2D eigenvalue weighted by atomic mass is 9.99. The van der Waals surface area contributed by atoms with Gasteiger partial charge in [0, 0.05) is 32.8 Å². The van der Waals surface area contributed by atoms with E-state index in [1.165, 1.54) is 0 Å². The molecule has 1 heterocycles. The van der Waals surface area contributed by atoms with E-state index >= 15 is 0 Å². The summed E-state index contributed by atoms with van der Waals surface area (Å²) in [5, 5.41) is 5.01. The molecule has 0 radical (unpaired) electrons. The Morgan fingerprint density at radius 1 is 1.43 bits per heavy atom. The van der Waals surface area contributed by atoms with Gasteiger partial charge in [-0.25, -0.2) is 4.79 Å². The number of imide groups is 1. The van der Waals surface area contributed by atoms with Crippen LogP contribution in [0.5, 0.6) is 0 Å². The Hall–Kier alpha value is -1.18. The van der Waals surface area contributed by atoms with Gasteiger partial charge in [-0.2, -0.15) is 0 Å². The van der Waals surface area contributed by atoms with Crippen LogP contribution >= 0.6 is 0 Å². The van der Waals surface area contributed by atoms with Crippen molar-refractivity contribution >= 4 is 11.9 Å². The molecule has 0 aromatic rings. The number of methoxy groups -OCH3 is 1. The molecule has 1 rings (SSSR count). The maximum atomic E-state index is 11.9. The first-order valence-electron chi connectivity index (χ1n) is 7.65. The van der Waals surface area contributed by atoms with E-state index in [1.54, 1.807) is 7.11 Å². The third-order valence-electron chi connectivity index (χ3n) is 3.81. The van der Waals surface area contributed by atoms with Crippen LogP contribution in [0.4, 0.5) is 4.79 Å². The highest BCUT2D eigenvalue weighted by Crippen LogP contribution is 2.18. The molecule has 1 aliphatic heterocycles. The molecule has 0 aromatic heterocycles. The molecule has 4 N–H and O–H groups in total. The predicted molar refractivity (Wildman–Crippen MR) is 80.9 cm³/mol. The maximum absolute atomic E-state index is 11.9. The van der Waals surface area contributed by atoms with Crippen molar-refractivity contribution in [3.63, 3.8) is 0 Å². The number of hydrogen-bond acceptors (Lipinski definition) is 5. The summed E-state index contributed by atoms with van der Waals surface area (Å²) < 4.78 is 5.35. The molecule has 21 heavy (non-hydrogen) atoms. The van der Waals surface area contributed by atoms with Gasteiger partial charge in [0.25, 0.3) is 0 Å². The third-order valence-corrected chi connectivity index (χ3v) is 3.81. The van der Waals surface area contributed by atoms with Crippen molar-refractivity contribution in [2.45, 2.75) is 44.8 Å². The van der Waals surface area contributed by atoms with Crippen LogP contribution in [0.3, 0.4) is 0 Å². The van der Waals surface area contributed by atoms with E-state index in [2.05, 4.69) is 10.6 Å². The average Bonchev–Trinajstić information content (AvgIpc) is 2.47. The number of ether oxygens (including phenoxy) is 1. The summed E-state index contributed by atoms with van der Waals surface area (Å²) in [5.74, 6) is -0.293. The van der Waals surface area contributed by atoms with Gasteiger partial charge in [-0.3, -0.25) is 15.0 Å². The van der Waals surface area contributed by atoms with Gasteiger partial charge < -0.3 is 15.8 Å². The monoisotopic (exact) mass is 300 g/mol. The Bertz CT molecular complexity index is 338. The zero-order valence-electron chi connectivity index (χ0n) is 13.1. The zero-order valence-corrected chi connectivity index (χ0v) is 13.1. The number of hydrogen-bond donors (Lipinski definition) is 3. The highest BCUT2D eigenvalue weighted by Gasteiger charge is 2.28. The van der Waals surface area contributed by atoms with Crippen molar-refractivity contribution < 1.29 is 14.3 Å². The smallest absolute Gasteiger partial charge is 0.321 e. The first-order chi connectivity index (χ1) is 10.1. The summed E-state index contributed by atoms with van der Waals surface area (Å²) in [6.07, 6.45) is 3.81. The number of likely N-dealkylation sites (tertiary alicyclic amines) is 1. The fourth-order valence-corrected chi connectivity index (χ4v) is 2.50. The second-order valence-electron chi connectivity index (χ2n) is 5.40. The fourth-order valence-electron chi connectivity index (χ4n) is 2.50. The number of piperidine rings is 1. The molecular weight excluding hydrogens is 272 g/mol. The number of carbonyl (C=O) groups excluding carboxylic acids is 2. The minimum absolute atomic E-state index is 0.123. The summed E-state index contributed by atoms with van der Waals surface area (Å²) in [5.41, 5.74) is 5.76. The van der Waals surface area contributed by atoms with Crippen molar-refractivity contribution in [3.05, 3.63) is 0 Å². The molecule has 7 heteroatoms. The van der Waals surface area contributed by atoms with Gasteiger partial charge in [-0.05, 0) is 19.3 Å². The quantitative estimate of drug-likeness (QED) is 0.577. The van der Waals surface area contributed by atoms with Crippen LogP contribution in [0, 0.1) is 0 Å². The van der Waals surface area contributed by atoms with Gasteiger partial charge in [0.05, 0.1) is 12.6 Å². The highest BCUT2D eigenvalue weighted by atomic mass is 16.5. The van der Waals surface area contributed by atoms with Crippen molar-refractivity contribution in [1.82, 2.24) is 15.5 Å². The lowest BCUT2D eigenvalue weighted by molar-refractivity contribution is -0.122. The van der Waals surface area contributed by atoms with Gasteiger partial charge in [-0.15, -0.1) is 0 Å². The minimum atomic E-state index is -0.426. The summed E-state index contributed by atoms with van der Waals surface area (Å²) in [6.45, 7) is 4.06. The number of nitrogens with zero attached hydrogens (tertiary/aromatic N) is 1. The molecule has 0 bridgehead atoms. The van der Waals surface area contributed by atoms with Crippen molar-refractivity contribution in [2.24, 2.45) is 5.73 Å². The Kier molecular flexibility index (Phi) is 8.26. The lowest BCUT2D eigenvalue weighted by Crippen LogP contribution is -2.53. The number of nitrogens with two attached hydrogens (primary N) is 1. The van der Waals surface area contributed by atoms with E-state index < -0.39 is 6.03 Å². The topological polar surface area (TPSA) is 96.7 Å². The molecular formula is C14H28N4O3. The minimum Gasteiger partial charge on any atom is -0.381 e. The molecule has 0 aliphatic carbocycles. The number of rotatable bonds is 7. The van der Waals surface area contributed by atoms with Crippen molar-refractivity contribution in [1.29, 1.82) is 0 Å². The van der Waals surface area contributed by atoms with E-state index in [0.29, 0.717) is 13.1 Å². The van der Waals surface area contributed by atoms with Gasteiger partial charge >= 0.3 is 6.03 Å². The largest absolute Gasteiger partial charge is 0.381 e. The Balaban J connectivity index is 2.34. The highest BCUT2D eigenvalue weighted by molar-refractivity contribution is 5.95. The van der Waals surface area contributed by atoms with Crippen molar-refractivity contribution in [3.8, 4) is 0 Å². The third kappa shape index (κ3) is 6.41. The SMILES string of the molecule is CCCCNC(=O)NC(=O)CN1CCC(OC)CC1CN. The summed E-state index contributed by atoms with van der Waals surface area (Å²) in [4.78, 5) is 25.4. The number of unbranched alkanes of at least 4 members (excludes halogenated alkanes) is 1. The number of urea groups is 1. The second-order valence-corrected chi connectivity index (χ2v) is 5.40. The normalized spacial score (nSPS) is 22.8. The van der Waals surface area contributed by atoms with Gasteiger partial charge in [-0.1, -0.05) is 13.3 Å². The summed E-state index contributed by atoms with van der Waals surface area (Å²) >= 11 is 0. The first-order valence-corrected chi connectivity index (χ1v) is 7.65. The van der Waals surface area contributed by atoms with Gasteiger partial charge in [0.15, 0.2) is 0 Å². The molecule has 2 atom stereocenters. The molecule has 122 valence electrons. The van der Waals surface area contributed by atoms with Crippen LogP contribution in [0.1, 0.15) is 32.6 Å². The summed E-state index contributed by atoms with van der Waals surface area (Å²) in [6, 6.07) is -0.304. The van der Waals surface area contributed by atoms with Crippen LogP contribution in [-0.4, -0.2) is 62.3 Å². The van der Waals surface area contributed by atoms with E-state index in [9.17, 15) is 9.59 Å². The van der Waals surface area contributed by atoms with E-state index in [4.69, 9.17) is 10.5 Å². The number of nitrogens with one attached hydrogen (secondary N) is 2. The maximum Gasteiger partial charge on any atom is 0.321 e. The number of amides is 3.